The Morgan fingerprint density at radius 3 is 2.73 bits per heavy atom. The molecule has 6 nitrogen and oxygen atoms in total. The Labute approximate surface area is 152 Å². The van der Waals surface area contributed by atoms with Crippen molar-refractivity contribution in [2.75, 3.05) is 31.6 Å². The Hall–Kier alpha value is -2.54. The Morgan fingerprint density at radius 1 is 1.31 bits per heavy atom. The highest BCUT2D eigenvalue weighted by Gasteiger charge is 2.27. The summed E-state index contributed by atoms with van der Waals surface area (Å²) in [7, 11) is 1.82. The van der Waals surface area contributed by atoms with Crippen LogP contribution in [0.25, 0.3) is 0 Å². The van der Waals surface area contributed by atoms with Crippen molar-refractivity contribution >= 4 is 11.4 Å². The van der Waals surface area contributed by atoms with E-state index in [0.717, 1.165) is 50.7 Å². The molecule has 26 heavy (non-hydrogen) atoms. The molecule has 0 atom stereocenters. The molecule has 0 saturated carbocycles. The van der Waals surface area contributed by atoms with Crippen molar-refractivity contribution in [3.63, 3.8) is 0 Å². The molecule has 1 aliphatic rings. The molecule has 1 aliphatic heterocycles. The van der Waals surface area contributed by atoms with Gasteiger partial charge in [-0.05, 0) is 31.0 Å². The summed E-state index contributed by atoms with van der Waals surface area (Å²) in [4.78, 5) is 19.4. The zero-order chi connectivity index (χ0) is 18.5. The van der Waals surface area contributed by atoms with Gasteiger partial charge < -0.3 is 9.80 Å². The number of pyridine rings is 1. The number of hydrogen-bond acceptors (Lipinski definition) is 5. The number of piperidine rings is 1. The zero-order valence-corrected chi connectivity index (χ0v) is 14.8. The van der Waals surface area contributed by atoms with Gasteiger partial charge in [0.2, 0.25) is 0 Å². The van der Waals surface area contributed by atoms with Gasteiger partial charge in [0, 0.05) is 63.2 Å². The second-order valence-corrected chi connectivity index (χ2v) is 6.64. The minimum absolute atomic E-state index is 0.0496. The van der Waals surface area contributed by atoms with E-state index >= 15 is 0 Å². The van der Waals surface area contributed by atoms with E-state index in [0.29, 0.717) is 5.69 Å². The van der Waals surface area contributed by atoms with Crippen LogP contribution >= 0.6 is 0 Å². The molecule has 0 unspecified atom stereocenters. The molecule has 1 aromatic carbocycles. The summed E-state index contributed by atoms with van der Waals surface area (Å²) in [6, 6.07) is 9.74. The molecule has 138 valence electrons. The first-order valence-electron chi connectivity index (χ1n) is 8.83. The number of halogens is 1. The highest BCUT2D eigenvalue weighted by atomic mass is 19.1. The molecule has 0 aliphatic carbocycles. The summed E-state index contributed by atoms with van der Waals surface area (Å²) in [5, 5.41) is 11.2. The summed E-state index contributed by atoms with van der Waals surface area (Å²) in [6.07, 6.45) is 4.51. The number of anilines is 1. The highest BCUT2D eigenvalue weighted by molar-refractivity contribution is 5.63. The van der Waals surface area contributed by atoms with Gasteiger partial charge >= 0.3 is 0 Å². The molecular formula is C19H23FN4O2. The fraction of sp³-hybridized carbons (Fsp3) is 0.421. The Kier molecular flexibility index (Phi) is 5.78. The SMILES string of the molecule is CN(c1cc(F)ccc1[N+](=O)[O-])C1CCN(CCc2ccccn2)CC1. The molecule has 0 radical (unpaired) electrons. The zero-order valence-electron chi connectivity index (χ0n) is 14.8. The molecule has 0 amide bonds. The van der Waals surface area contributed by atoms with Gasteiger partial charge in [-0.25, -0.2) is 4.39 Å². The van der Waals surface area contributed by atoms with Gasteiger partial charge in [-0.2, -0.15) is 0 Å². The van der Waals surface area contributed by atoms with Gasteiger partial charge in [0.15, 0.2) is 0 Å². The van der Waals surface area contributed by atoms with Crippen LogP contribution in [0.1, 0.15) is 18.5 Å². The third kappa shape index (κ3) is 4.35. The maximum Gasteiger partial charge on any atom is 0.292 e. The van der Waals surface area contributed by atoms with Crippen LogP contribution in [0.3, 0.4) is 0 Å². The van der Waals surface area contributed by atoms with Crippen LogP contribution < -0.4 is 4.90 Å². The van der Waals surface area contributed by atoms with Crippen molar-refractivity contribution in [2.45, 2.75) is 25.3 Å². The first-order chi connectivity index (χ1) is 12.5. The highest BCUT2D eigenvalue weighted by Crippen LogP contribution is 2.31. The molecule has 1 fully saturated rings. The van der Waals surface area contributed by atoms with E-state index in [1.807, 2.05) is 36.3 Å². The van der Waals surface area contributed by atoms with E-state index in [2.05, 4.69) is 9.88 Å². The van der Waals surface area contributed by atoms with Crippen LogP contribution in [-0.4, -0.2) is 47.5 Å². The minimum atomic E-state index is -0.453. The second kappa shape index (κ2) is 8.23. The number of aromatic nitrogens is 1. The lowest BCUT2D eigenvalue weighted by atomic mass is 10.0. The monoisotopic (exact) mass is 358 g/mol. The first-order valence-corrected chi connectivity index (χ1v) is 8.83. The first kappa shape index (κ1) is 18.3. The number of nitrogens with zero attached hydrogens (tertiary/aromatic N) is 4. The summed E-state index contributed by atoms with van der Waals surface area (Å²) in [5.41, 5.74) is 1.38. The van der Waals surface area contributed by atoms with Crippen LogP contribution in [0.4, 0.5) is 15.8 Å². The van der Waals surface area contributed by atoms with Crippen LogP contribution in [0, 0.1) is 15.9 Å². The number of hydrogen-bond donors (Lipinski definition) is 0. The summed E-state index contributed by atoms with van der Waals surface area (Å²) >= 11 is 0. The lowest BCUT2D eigenvalue weighted by Crippen LogP contribution is -2.44. The third-order valence-electron chi connectivity index (χ3n) is 5.03. The topological polar surface area (TPSA) is 62.5 Å². The molecule has 0 spiro atoms. The minimum Gasteiger partial charge on any atom is -0.366 e. The van der Waals surface area contributed by atoms with E-state index in [1.54, 1.807) is 0 Å². The van der Waals surface area contributed by atoms with Crippen LogP contribution in [0.15, 0.2) is 42.6 Å². The third-order valence-corrected chi connectivity index (χ3v) is 5.03. The smallest absolute Gasteiger partial charge is 0.292 e. The average molecular weight is 358 g/mol. The van der Waals surface area contributed by atoms with Gasteiger partial charge in [-0.3, -0.25) is 15.1 Å². The standard InChI is InChI=1S/C19H23FN4O2/c1-22(19-14-15(20)5-6-18(19)24(25)26)17-8-12-23(13-9-17)11-7-16-4-2-3-10-21-16/h2-6,10,14,17H,7-9,11-13H2,1H3. The van der Waals surface area contributed by atoms with Crippen LogP contribution in [0.5, 0.6) is 0 Å². The molecule has 1 aromatic heterocycles. The van der Waals surface area contributed by atoms with Gasteiger partial charge in [-0.15, -0.1) is 0 Å². The Morgan fingerprint density at radius 2 is 2.08 bits per heavy atom. The quantitative estimate of drug-likeness (QED) is 0.586. The molecule has 2 heterocycles. The Bertz CT molecular complexity index is 748. The van der Waals surface area contributed by atoms with Gasteiger partial charge in [0.05, 0.1) is 4.92 Å². The van der Waals surface area contributed by atoms with Crippen LogP contribution in [-0.2, 0) is 6.42 Å². The van der Waals surface area contributed by atoms with Gasteiger partial charge in [0.25, 0.3) is 5.69 Å². The number of likely N-dealkylation sites (tertiary alicyclic amines) is 1. The van der Waals surface area contributed by atoms with Crippen molar-refractivity contribution < 1.29 is 9.31 Å². The fourth-order valence-corrected chi connectivity index (χ4v) is 3.48. The second-order valence-electron chi connectivity index (χ2n) is 6.64. The van der Waals surface area contributed by atoms with E-state index in [9.17, 15) is 14.5 Å². The molecule has 1 saturated heterocycles. The molecule has 7 heteroatoms. The van der Waals surface area contributed by atoms with Crippen molar-refractivity contribution in [1.29, 1.82) is 0 Å². The Balaban J connectivity index is 1.58. The number of nitro benzene ring substituents is 1. The van der Waals surface area contributed by atoms with E-state index < -0.39 is 10.7 Å². The molecule has 3 rings (SSSR count). The summed E-state index contributed by atoms with van der Waals surface area (Å²) in [5.74, 6) is -0.453. The normalized spacial score (nSPS) is 15.8. The molecule has 0 N–H and O–H groups in total. The molecule has 0 bridgehead atoms. The lowest BCUT2D eigenvalue weighted by Gasteiger charge is -2.37. The number of rotatable bonds is 6. The lowest BCUT2D eigenvalue weighted by molar-refractivity contribution is -0.384. The average Bonchev–Trinajstić information content (AvgIpc) is 2.66. The van der Waals surface area contributed by atoms with E-state index in [-0.39, 0.29) is 11.7 Å². The maximum absolute atomic E-state index is 13.6. The van der Waals surface area contributed by atoms with Crippen molar-refractivity contribution in [3.8, 4) is 0 Å². The van der Waals surface area contributed by atoms with Gasteiger partial charge in [0.1, 0.15) is 11.5 Å². The van der Waals surface area contributed by atoms with Crippen molar-refractivity contribution in [3.05, 3.63) is 64.2 Å². The summed E-state index contributed by atoms with van der Waals surface area (Å²) in [6.45, 7) is 2.80. The van der Waals surface area contributed by atoms with Crippen LogP contribution in [0.2, 0.25) is 0 Å². The van der Waals surface area contributed by atoms with Crippen molar-refractivity contribution in [1.82, 2.24) is 9.88 Å². The maximum atomic E-state index is 13.6. The largest absolute Gasteiger partial charge is 0.366 e. The molecule has 2 aromatic rings. The van der Waals surface area contributed by atoms with Crippen molar-refractivity contribution in [2.24, 2.45) is 0 Å². The number of benzene rings is 1. The van der Waals surface area contributed by atoms with E-state index in [4.69, 9.17) is 0 Å². The summed E-state index contributed by atoms with van der Waals surface area (Å²) < 4.78 is 13.6. The predicted molar refractivity (Wildman–Crippen MR) is 98.9 cm³/mol. The predicted octanol–water partition coefficient (Wildman–Crippen LogP) is 3.27. The van der Waals surface area contributed by atoms with Gasteiger partial charge in [-0.1, -0.05) is 6.07 Å². The van der Waals surface area contributed by atoms with E-state index in [1.165, 1.54) is 12.1 Å². The number of nitro groups is 1. The molecular weight excluding hydrogens is 335 g/mol. The fourth-order valence-electron chi connectivity index (χ4n) is 3.48.